The summed E-state index contributed by atoms with van der Waals surface area (Å²) in [6.45, 7) is 3.80. The maximum absolute atomic E-state index is 12.7. The first-order chi connectivity index (χ1) is 15.1. The molecule has 162 valence electrons. The number of carbonyl (C=O) groups excluding carboxylic acids is 2. The van der Waals surface area contributed by atoms with Crippen LogP contribution in [0.15, 0.2) is 65.9 Å². The number of nitrogens with one attached hydrogen (secondary N) is 2. The number of para-hydroxylation sites is 1. The van der Waals surface area contributed by atoms with Crippen molar-refractivity contribution < 1.29 is 14.3 Å². The number of rotatable bonds is 5. The van der Waals surface area contributed by atoms with Gasteiger partial charge in [0.25, 0.3) is 0 Å². The van der Waals surface area contributed by atoms with E-state index in [-0.39, 0.29) is 6.03 Å². The van der Waals surface area contributed by atoms with Gasteiger partial charge < -0.3 is 20.3 Å². The predicted molar refractivity (Wildman–Crippen MR) is 120 cm³/mol. The van der Waals surface area contributed by atoms with Crippen molar-refractivity contribution in [1.29, 1.82) is 0 Å². The Morgan fingerprint density at radius 3 is 2.42 bits per heavy atom. The molecule has 1 atom stereocenters. The zero-order valence-electron chi connectivity index (χ0n) is 17.3. The molecule has 7 nitrogen and oxygen atoms in total. The van der Waals surface area contributed by atoms with Crippen LogP contribution in [0.3, 0.4) is 0 Å². The third-order valence-corrected chi connectivity index (χ3v) is 5.99. The maximum Gasteiger partial charge on any atom is 0.338 e. The number of piperazine rings is 1. The average molecular weight is 441 g/mol. The van der Waals surface area contributed by atoms with Crippen LogP contribution in [-0.4, -0.2) is 56.7 Å². The molecule has 0 radical (unpaired) electrons. The topological polar surface area (TPSA) is 73.9 Å². The van der Waals surface area contributed by atoms with Crippen molar-refractivity contribution in [3.63, 3.8) is 0 Å². The number of halogens is 1. The lowest BCUT2D eigenvalue weighted by atomic mass is 9.95. The molecular formula is C23H25ClN4O3. The molecule has 0 spiro atoms. The van der Waals surface area contributed by atoms with Crippen LogP contribution in [0.1, 0.15) is 11.6 Å². The normalized spacial score (nSPS) is 19.6. The number of hydrogen-bond donors (Lipinski definition) is 2. The summed E-state index contributed by atoms with van der Waals surface area (Å²) in [4.78, 5) is 29.7. The van der Waals surface area contributed by atoms with Gasteiger partial charge in [0.1, 0.15) is 0 Å². The van der Waals surface area contributed by atoms with Crippen molar-refractivity contribution in [1.82, 2.24) is 15.5 Å². The number of ether oxygens (including phenoxy) is 1. The molecule has 8 heteroatoms. The van der Waals surface area contributed by atoms with E-state index in [0.717, 1.165) is 26.2 Å². The van der Waals surface area contributed by atoms with E-state index in [1.165, 1.54) is 12.8 Å². The van der Waals surface area contributed by atoms with Crippen LogP contribution in [0.25, 0.3) is 0 Å². The summed E-state index contributed by atoms with van der Waals surface area (Å²) in [7, 11) is 1.34. The van der Waals surface area contributed by atoms with Crippen molar-refractivity contribution in [2.45, 2.75) is 6.04 Å². The minimum Gasteiger partial charge on any atom is -0.466 e. The van der Waals surface area contributed by atoms with Crippen LogP contribution in [0.5, 0.6) is 0 Å². The third-order valence-electron chi connectivity index (χ3n) is 5.65. The van der Waals surface area contributed by atoms with Crippen LogP contribution < -0.4 is 15.5 Å². The molecule has 0 bridgehead atoms. The van der Waals surface area contributed by atoms with E-state index in [4.69, 9.17) is 16.3 Å². The SMILES string of the molecule is COC(=O)C1=C(CN2CCN(c3ccccc3)CC2)NC(=O)N[C@@H]1c1ccccc1Cl. The number of hydrogen-bond acceptors (Lipinski definition) is 5. The first-order valence-electron chi connectivity index (χ1n) is 10.2. The molecule has 2 aromatic rings. The number of methoxy groups -OCH3 is 1. The van der Waals surface area contributed by atoms with Crippen LogP contribution in [0.2, 0.25) is 5.02 Å². The number of anilines is 1. The van der Waals surface area contributed by atoms with Crippen molar-refractivity contribution in [3.05, 3.63) is 76.5 Å². The van der Waals surface area contributed by atoms with Gasteiger partial charge in [-0.15, -0.1) is 0 Å². The first-order valence-corrected chi connectivity index (χ1v) is 10.6. The van der Waals surface area contributed by atoms with Gasteiger partial charge in [-0.05, 0) is 23.8 Å². The van der Waals surface area contributed by atoms with Gasteiger partial charge >= 0.3 is 12.0 Å². The van der Waals surface area contributed by atoms with E-state index in [1.54, 1.807) is 12.1 Å². The number of urea groups is 1. The number of nitrogens with zero attached hydrogens (tertiary/aromatic N) is 2. The molecule has 1 saturated heterocycles. The molecule has 2 heterocycles. The summed E-state index contributed by atoms with van der Waals surface area (Å²) in [5.41, 5.74) is 2.78. The summed E-state index contributed by atoms with van der Waals surface area (Å²) in [6.07, 6.45) is 0. The van der Waals surface area contributed by atoms with Crippen LogP contribution in [0.4, 0.5) is 10.5 Å². The fourth-order valence-electron chi connectivity index (χ4n) is 4.06. The van der Waals surface area contributed by atoms with Gasteiger partial charge in [0.2, 0.25) is 0 Å². The second kappa shape index (κ2) is 9.41. The first kappa shape index (κ1) is 21.2. The molecule has 0 aromatic heterocycles. The summed E-state index contributed by atoms with van der Waals surface area (Å²) in [6, 6.07) is 16.4. The number of carbonyl (C=O) groups is 2. The van der Waals surface area contributed by atoms with Gasteiger partial charge in [0.05, 0.1) is 18.7 Å². The van der Waals surface area contributed by atoms with Crippen molar-refractivity contribution in [2.24, 2.45) is 0 Å². The monoisotopic (exact) mass is 440 g/mol. The van der Waals surface area contributed by atoms with Gasteiger partial charge in [-0.2, -0.15) is 0 Å². The largest absolute Gasteiger partial charge is 0.466 e. The summed E-state index contributed by atoms with van der Waals surface area (Å²) >= 11 is 6.37. The molecule has 2 aliphatic heterocycles. The minimum absolute atomic E-state index is 0.365. The highest BCUT2D eigenvalue weighted by molar-refractivity contribution is 6.31. The molecular weight excluding hydrogens is 416 g/mol. The zero-order valence-corrected chi connectivity index (χ0v) is 18.1. The van der Waals surface area contributed by atoms with Gasteiger partial charge in [0, 0.05) is 49.1 Å². The van der Waals surface area contributed by atoms with Gasteiger partial charge in [-0.25, -0.2) is 9.59 Å². The molecule has 0 saturated carbocycles. The second-order valence-corrected chi connectivity index (χ2v) is 7.94. The predicted octanol–water partition coefficient (Wildman–Crippen LogP) is 2.94. The molecule has 2 aliphatic rings. The Hall–Kier alpha value is -3.03. The van der Waals surface area contributed by atoms with Crippen molar-refractivity contribution in [2.75, 3.05) is 44.7 Å². The fourth-order valence-corrected chi connectivity index (χ4v) is 4.31. The third kappa shape index (κ3) is 4.68. The lowest BCUT2D eigenvalue weighted by molar-refractivity contribution is -0.136. The van der Waals surface area contributed by atoms with Gasteiger partial charge in [0.15, 0.2) is 0 Å². The Morgan fingerprint density at radius 1 is 1.06 bits per heavy atom. The van der Waals surface area contributed by atoms with E-state index >= 15 is 0 Å². The average Bonchev–Trinajstić information content (AvgIpc) is 2.80. The Morgan fingerprint density at radius 2 is 1.74 bits per heavy atom. The minimum atomic E-state index is -0.671. The Labute approximate surface area is 186 Å². The molecule has 2 amide bonds. The second-order valence-electron chi connectivity index (χ2n) is 7.54. The van der Waals surface area contributed by atoms with Crippen molar-refractivity contribution >= 4 is 29.3 Å². The molecule has 4 rings (SSSR count). The highest BCUT2D eigenvalue weighted by atomic mass is 35.5. The zero-order chi connectivity index (χ0) is 21.8. The Balaban J connectivity index is 1.56. The van der Waals surface area contributed by atoms with E-state index in [1.807, 2.05) is 30.3 Å². The summed E-state index contributed by atoms with van der Waals surface area (Å²) < 4.78 is 5.05. The molecule has 2 aromatic carbocycles. The number of esters is 1. The highest BCUT2D eigenvalue weighted by Gasteiger charge is 2.35. The maximum atomic E-state index is 12.7. The van der Waals surface area contributed by atoms with Crippen LogP contribution in [0, 0.1) is 0 Å². The molecule has 2 N–H and O–H groups in total. The lowest BCUT2D eigenvalue weighted by Gasteiger charge is -2.38. The molecule has 1 fully saturated rings. The lowest BCUT2D eigenvalue weighted by Crippen LogP contribution is -2.51. The Kier molecular flexibility index (Phi) is 6.44. The standard InChI is InChI=1S/C23H25ClN4O3/c1-31-22(29)20-19(25-23(30)26-21(20)17-9-5-6-10-18(17)24)15-27-11-13-28(14-12-27)16-7-3-2-4-8-16/h2-10,21H,11-15H2,1H3,(H2,25,26,30)/t21-/m1/s1. The quantitative estimate of drug-likeness (QED) is 0.699. The van der Waals surface area contributed by atoms with Crippen LogP contribution in [-0.2, 0) is 9.53 Å². The smallest absolute Gasteiger partial charge is 0.338 e. The fraction of sp³-hybridized carbons (Fsp3) is 0.304. The summed E-state index contributed by atoms with van der Waals surface area (Å²) in [5.74, 6) is -0.490. The highest BCUT2D eigenvalue weighted by Crippen LogP contribution is 2.32. The number of benzene rings is 2. The van der Waals surface area contributed by atoms with E-state index in [9.17, 15) is 9.59 Å². The van der Waals surface area contributed by atoms with Crippen molar-refractivity contribution in [3.8, 4) is 0 Å². The van der Waals surface area contributed by atoms with Crippen LogP contribution >= 0.6 is 11.6 Å². The molecule has 31 heavy (non-hydrogen) atoms. The summed E-state index contributed by atoms with van der Waals surface area (Å²) in [5, 5.41) is 6.11. The van der Waals surface area contributed by atoms with E-state index < -0.39 is 12.0 Å². The Bertz CT molecular complexity index is 987. The number of amides is 2. The van der Waals surface area contributed by atoms with E-state index in [0.29, 0.717) is 28.4 Å². The molecule has 0 aliphatic carbocycles. The van der Waals surface area contributed by atoms with E-state index in [2.05, 4.69) is 32.6 Å². The van der Waals surface area contributed by atoms with Gasteiger partial charge in [-0.1, -0.05) is 48.0 Å². The van der Waals surface area contributed by atoms with Gasteiger partial charge in [-0.3, -0.25) is 4.90 Å². The molecule has 0 unspecified atom stereocenters.